The lowest BCUT2D eigenvalue weighted by molar-refractivity contribution is 0.112. The Kier molecular flexibility index (Phi) is 5.23. The van der Waals surface area contributed by atoms with E-state index in [4.69, 9.17) is 9.47 Å². The van der Waals surface area contributed by atoms with Gasteiger partial charge in [-0.2, -0.15) is 0 Å². The predicted molar refractivity (Wildman–Crippen MR) is 88.0 cm³/mol. The SMILES string of the molecule is COc1cc(Br)c(Oc2ccc(C=O)cc2Br)cc1Br. The van der Waals surface area contributed by atoms with Crippen molar-refractivity contribution in [3.05, 3.63) is 49.3 Å². The Hall–Kier alpha value is -0.850. The molecule has 2 aromatic carbocycles. The number of benzene rings is 2. The van der Waals surface area contributed by atoms with E-state index >= 15 is 0 Å². The Morgan fingerprint density at radius 3 is 2.10 bits per heavy atom. The number of hydrogen-bond donors (Lipinski definition) is 0. The Labute approximate surface area is 141 Å². The second-order valence-electron chi connectivity index (χ2n) is 3.83. The quantitative estimate of drug-likeness (QED) is 0.553. The monoisotopic (exact) mass is 462 g/mol. The highest BCUT2D eigenvalue weighted by atomic mass is 79.9. The summed E-state index contributed by atoms with van der Waals surface area (Å²) in [5.74, 6) is 1.96. The molecular weight excluding hydrogens is 456 g/mol. The van der Waals surface area contributed by atoms with Gasteiger partial charge in [0.1, 0.15) is 23.5 Å². The van der Waals surface area contributed by atoms with Gasteiger partial charge in [-0.3, -0.25) is 4.79 Å². The summed E-state index contributed by atoms with van der Waals surface area (Å²) in [6, 6.07) is 8.75. The zero-order valence-corrected chi connectivity index (χ0v) is 15.1. The minimum Gasteiger partial charge on any atom is -0.496 e. The standard InChI is InChI=1S/C14H9Br3O3/c1-19-13-5-11(17)14(6-10(13)16)20-12-3-2-8(7-18)4-9(12)15/h2-7H,1H3. The van der Waals surface area contributed by atoms with Crippen LogP contribution in [0.15, 0.2) is 43.7 Å². The van der Waals surface area contributed by atoms with Crippen molar-refractivity contribution in [1.29, 1.82) is 0 Å². The van der Waals surface area contributed by atoms with Crippen molar-refractivity contribution in [3.63, 3.8) is 0 Å². The molecule has 0 spiro atoms. The summed E-state index contributed by atoms with van der Waals surface area (Å²) in [5, 5.41) is 0. The number of hydrogen-bond acceptors (Lipinski definition) is 3. The van der Waals surface area contributed by atoms with Crippen LogP contribution in [0.25, 0.3) is 0 Å². The van der Waals surface area contributed by atoms with Gasteiger partial charge in [-0.15, -0.1) is 0 Å². The maximum Gasteiger partial charge on any atom is 0.150 e. The van der Waals surface area contributed by atoms with Gasteiger partial charge in [-0.05, 0) is 78.1 Å². The molecule has 3 nitrogen and oxygen atoms in total. The number of ether oxygens (including phenoxy) is 2. The highest BCUT2D eigenvalue weighted by Gasteiger charge is 2.11. The molecule has 0 N–H and O–H groups in total. The Bertz CT molecular complexity index is 656. The summed E-state index contributed by atoms with van der Waals surface area (Å²) >= 11 is 10.2. The molecule has 104 valence electrons. The van der Waals surface area contributed by atoms with E-state index < -0.39 is 0 Å². The molecule has 0 aliphatic heterocycles. The van der Waals surface area contributed by atoms with E-state index in [1.807, 2.05) is 12.1 Å². The highest BCUT2D eigenvalue weighted by molar-refractivity contribution is 9.11. The zero-order chi connectivity index (χ0) is 14.7. The molecule has 0 aromatic heterocycles. The number of aldehydes is 1. The molecule has 0 fully saturated rings. The molecule has 2 aromatic rings. The van der Waals surface area contributed by atoms with Crippen molar-refractivity contribution >= 4 is 54.1 Å². The van der Waals surface area contributed by atoms with Crippen molar-refractivity contribution in [2.45, 2.75) is 0 Å². The largest absolute Gasteiger partial charge is 0.496 e. The summed E-state index contributed by atoms with van der Waals surface area (Å²) in [7, 11) is 1.60. The summed E-state index contributed by atoms with van der Waals surface area (Å²) in [6.45, 7) is 0. The maximum atomic E-state index is 10.7. The lowest BCUT2D eigenvalue weighted by Gasteiger charge is -2.12. The van der Waals surface area contributed by atoms with Crippen LogP contribution in [0.2, 0.25) is 0 Å². The molecule has 0 bridgehead atoms. The van der Waals surface area contributed by atoms with E-state index in [0.29, 0.717) is 27.3 Å². The molecule has 0 saturated carbocycles. The van der Waals surface area contributed by atoms with Crippen molar-refractivity contribution < 1.29 is 14.3 Å². The van der Waals surface area contributed by atoms with Gasteiger partial charge in [0.25, 0.3) is 0 Å². The molecule has 0 atom stereocenters. The smallest absolute Gasteiger partial charge is 0.150 e. The van der Waals surface area contributed by atoms with Crippen LogP contribution in [0.1, 0.15) is 10.4 Å². The van der Waals surface area contributed by atoms with Gasteiger partial charge < -0.3 is 9.47 Å². The Morgan fingerprint density at radius 1 is 0.900 bits per heavy atom. The van der Waals surface area contributed by atoms with Crippen molar-refractivity contribution in [1.82, 2.24) is 0 Å². The molecule has 0 aliphatic carbocycles. The number of rotatable bonds is 4. The van der Waals surface area contributed by atoms with Gasteiger partial charge in [0.2, 0.25) is 0 Å². The summed E-state index contributed by atoms with van der Waals surface area (Å²) < 4.78 is 13.3. The second kappa shape index (κ2) is 6.74. The van der Waals surface area contributed by atoms with Gasteiger partial charge in [0, 0.05) is 5.56 Å². The zero-order valence-electron chi connectivity index (χ0n) is 10.3. The van der Waals surface area contributed by atoms with E-state index in [0.717, 1.165) is 15.2 Å². The number of carbonyl (C=O) groups is 1. The highest BCUT2D eigenvalue weighted by Crippen LogP contribution is 2.39. The van der Waals surface area contributed by atoms with Gasteiger partial charge in [0.15, 0.2) is 0 Å². The van der Waals surface area contributed by atoms with Crippen molar-refractivity contribution in [3.8, 4) is 17.2 Å². The first-order chi connectivity index (χ1) is 9.55. The van der Waals surface area contributed by atoms with Gasteiger partial charge in [-0.1, -0.05) is 0 Å². The van der Waals surface area contributed by atoms with E-state index in [1.54, 1.807) is 25.3 Å². The predicted octanol–water partition coefficient (Wildman–Crippen LogP) is 5.59. The van der Waals surface area contributed by atoms with Crippen LogP contribution in [-0.2, 0) is 0 Å². The average molecular weight is 465 g/mol. The number of methoxy groups -OCH3 is 1. The van der Waals surface area contributed by atoms with Crippen LogP contribution in [0.3, 0.4) is 0 Å². The first kappa shape index (κ1) is 15.5. The van der Waals surface area contributed by atoms with Crippen LogP contribution >= 0.6 is 47.8 Å². The van der Waals surface area contributed by atoms with E-state index in [-0.39, 0.29) is 0 Å². The average Bonchev–Trinajstić information content (AvgIpc) is 2.44. The van der Waals surface area contributed by atoms with Crippen LogP contribution in [0, 0.1) is 0 Å². The van der Waals surface area contributed by atoms with Crippen LogP contribution in [0.4, 0.5) is 0 Å². The van der Waals surface area contributed by atoms with Crippen LogP contribution < -0.4 is 9.47 Å². The fourth-order valence-electron chi connectivity index (χ4n) is 1.54. The lowest BCUT2D eigenvalue weighted by atomic mass is 10.2. The summed E-state index contributed by atoms with van der Waals surface area (Å²) in [5.41, 5.74) is 0.583. The third kappa shape index (κ3) is 3.42. The minimum atomic E-state index is 0.583. The first-order valence-electron chi connectivity index (χ1n) is 5.50. The third-order valence-corrected chi connectivity index (χ3v) is 4.38. The van der Waals surface area contributed by atoms with Crippen molar-refractivity contribution in [2.24, 2.45) is 0 Å². The molecule has 0 amide bonds. The fraction of sp³-hybridized carbons (Fsp3) is 0.0714. The van der Waals surface area contributed by atoms with E-state index in [1.165, 1.54) is 0 Å². The van der Waals surface area contributed by atoms with Crippen LogP contribution in [0.5, 0.6) is 17.2 Å². The summed E-state index contributed by atoms with van der Waals surface area (Å²) in [6.07, 6.45) is 0.786. The maximum absolute atomic E-state index is 10.7. The number of carbonyl (C=O) groups excluding carboxylic acids is 1. The first-order valence-corrected chi connectivity index (χ1v) is 7.88. The Morgan fingerprint density at radius 2 is 1.50 bits per heavy atom. The lowest BCUT2D eigenvalue weighted by Crippen LogP contribution is -1.91. The summed E-state index contributed by atoms with van der Waals surface area (Å²) in [4.78, 5) is 10.7. The molecule has 0 heterocycles. The van der Waals surface area contributed by atoms with Crippen LogP contribution in [-0.4, -0.2) is 13.4 Å². The van der Waals surface area contributed by atoms with E-state index in [2.05, 4.69) is 47.8 Å². The van der Waals surface area contributed by atoms with Crippen molar-refractivity contribution in [2.75, 3.05) is 7.11 Å². The molecule has 0 aliphatic rings. The van der Waals surface area contributed by atoms with Gasteiger partial charge in [-0.25, -0.2) is 0 Å². The van der Waals surface area contributed by atoms with Gasteiger partial charge >= 0.3 is 0 Å². The molecule has 6 heteroatoms. The molecule has 0 radical (unpaired) electrons. The molecule has 0 unspecified atom stereocenters. The Balaban J connectivity index is 2.35. The van der Waals surface area contributed by atoms with Gasteiger partial charge in [0.05, 0.1) is 20.5 Å². The third-order valence-electron chi connectivity index (χ3n) is 2.52. The number of halogens is 3. The second-order valence-corrected chi connectivity index (χ2v) is 6.39. The molecule has 2 rings (SSSR count). The molecular formula is C14H9Br3O3. The normalized spacial score (nSPS) is 10.2. The fourth-order valence-corrected chi connectivity index (χ4v) is 2.90. The topological polar surface area (TPSA) is 35.5 Å². The minimum absolute atomic E-state index is 0.583. The molecule has 0 saturated heterocycles. The van der Waals surface area contributed by atoms with E-state index in [9.17, 15) is 4.79 Å². The molecule has 20 heavy (non-hydrogen) atoms.